The first-order valence-electron chi connectivity index (χ1n) is 3.23. The second-order valence-electron chi connectivity index (χ2n) is 1.99. The zero-order chi connectivity index (χ0) is 7.23. The lowest BCUT2D eigenvalue weighted by Gasteiger charge is -1.98. The molecule has 0 unspecified atom stereocenters. The van der Waals surface area contributed by atoms with Crippen LogP contribution >= 0.6 is 0 Å². The van der Waals surface area contributed by atoms with Crippen LogP contribution in [0.2, 0.25) is 0 Å². The van der Waals surface area contributed by atoms with Crippen molar-refractivity contribution in [3.63, 3.8) is 0 Å². The first-order chi connectivity index (χ1) is 4.93. The molecule has 0 aliphatic rings. The number of nitrogens with one attached hydrogen (secondary N) is 1. The van der Waals surface area contributed by atoms with Crippen molar-refractivity contribution in [2.75, 3.05) is 6.54 Å². The molecule has 0 saturated heterocycles. The fourth-order valence-electron chi connectivity index (χ4n) is 0.717. The van der Waals surface area contributed by atoms with Crippen LogP contribution in [0, 0.1) is 6.92 Å². The van der Waals surface area contributed by atoms with E-state index in [0.29, 0.717) is 6.54 Å². The van der Waals surface area contributed by atoms with Crippen molar-refractivity contribution in [2.24, 2.45) is 0 Å². The fraction of sp³-hybridized carbons (Fsp3) is 0.250. The van der Waals surface area contributed by atoms with Gasteiger partial charge < -0.3 is 5.32 Å². The number of hydrogen-bond donors (Lipinski definition) is 1. The van der Waals surface area contributed by atoms with E-state index in [2.05, 4.69) is 10.3 Å². The summed E-state index contributed by atoms with van der Waals surface area (Å²) >= 11 is 0. The second kappa shape index (κ2) is 4.01. The molecule has 1 aromatic rings. The highest BCUT2D eigenvalue weighted by molar-refractivity contribution is 5.08. The minimum atomic E-state index is 0.516. The Kier molecular flexibility index (Phi) is 2.90. The SMILES string of the molecule is [CH]CNCc1ccncc1. The largest absolute Gasteiger partial charge is 0.312 e. The molecule has 2 heteroatoms. The lowest BCUT2D eigenvalue weighted by molar-refractivity contribution is 0.757. The number of rotatable bonds is 3. The summed E-state index contributed by atoms with van der Waals surface area (Å²) in [5.41, 5.74) is 1.21. The van der Waals surface area contributed by atoms with Gasteiger partial charge in [-0.2, -0.15) is 0 Å². The van der Waals surface area contributed by atoms with E-state index in [-0.39, 0.29) is 0 Å². The first kappa shape index (κ1) is 7.22. The molecule has 10 heavy (non-hydrogen) atoms. The molecule has 0 amide bonds. The van der Waals surface area contributed by atoms with Gasteiger partial charge >= 0.3 is 0 Å². The topological polar surface area (TPSA) is 24.9 Å². The van der Waals surface area contributed by atoms with Gasteiger partial charge in [-0.1, -0.05) is 0 Å². The Morgan fingerprint density at radius 3 is 2.70 bits per heavy atom. The van der Waals surface area contributed by atoms with Gasteiger partial charge in [-0.15, -0.1) is 0 Å². The Morgan fingerprint density at radius 1 is 1.40 bits per heavy atom. The van der Waals surface area contributed by atoms with Gasteiger partial charge in [0.15, 0.2) is 0 Å². The molecule has 1 heterocycles. The van der Waals surface area contributed by atoms with E-state index in [9.17, 15) is 0 Å². The highest BCUT2D eigenvalue weighted by Gasteiger charge is 1.86. The van der Waals surface area contributed by atoms with Gasteiger partial charge in [-0.25, -0.2) is 0 Å². The van der Waals surface area contributed by atoms with E-state index in [1.54, 1.807) is 12.4 Å². The van der Waals surface area contributed by atoms with Crippen LogP contribution in [-0.2, 0) is 6.54 Å². The molecule has 2 radical (unpaired) electrons. The molecule has 1 aromatic heterocycles. The number of pyridine rings is 1. The molecule has 0 atom stereocenters. The molecular weight excluding hydrogens is 124 g/mol. The monoisotopic (exact) mass is 134 g/mol. The molecule has 0 saturated carbocycles. The van der Waals surface area contributed by atoms with E-state index in [1.165, 1.54) is 5.56 Å². The lowest BCUT2D eigenvalue weighted by Crippen LogP contribution is -2.11. The standard InChI is InChI=1S/C8H10N2/c1-2-9-7-8-3-5-10-6-4-8/h1,3-6,9H,2,7H2. The van der Waals surface area contributed by atoms with Crippen LogP contribution in [0.3, 0.4) is 0 Å². The normalized spacial score (nSPS) is 9.70. The molecular formula is C8H10N2. The van der Waals surface area contributed by atoms with Crippen molar-refractivity contribution in [1.29, 1.82) is 0 Å². The maximum Gasteiger partial charge on any atom is 0.0271 e. The van der Waals surface area contributed by atoms with Crippen LogP contribution in [-0.4, -0.2) is 11.5 Å². The van der Waals surface area contributed by atoms with Crippen LogP contribution in [0.4, 0.5) is 0 Å². The number of nitrogens with zero attached hydrogens (tertiary/aromatic N) is 1. The molecule has 1 rings (SSSR count). The number of aromatic nitrogens is 1. The highest BCUT2D eigenvalue weighted by Crippen LogP contribution is 1.93. The molecule has 0 aliphatic carbocycles. The summed E-state index contributed by atoms with van der Waals surface area (Å²) in [4.78, 5) is 3.89. The summed E-state index contributed by atoms with van der Waals surface area (Å²) < 4.78 is 0. The quantitative estimate of drug-likeness (QED) is 0.663. The Morgan fingerprint density at radius 2 is 2.10 bits per heavy atom. The van der Waals surface area contributed by atoms with Crippen LogP contribution < -0.4 is 5.32 Å². The lowest BCUT2D eigenvalue weighted by atomic mass is 10.3. The predicted octanol–water partition coefficient (Wildman–Crippen LogP) is 0.882. The van der Waals surface area contributed by atoms with Gasteiger partial charge in [-0.05, 0) is 31.2 Å². The Balaban J connectivity index is 2.43. The molecule has 2 nitrogen and oxygen atoms in total. The van der Waals surface area contributed by atoms with Crippen LogP contribution in [0.1, 0.15) is 5.56 Å². The van der Waals surface area contributed by atoms with Gasteiger partial charge in [0.05, 0.1) is 0 Å². The molecule has 0 spiro atoms. The molecule has 1 N–H and O–H groups in total. The Bertz CT molecular complexity index is 172. The third-order valence-electron chi connectivity index (χ3n) is 1.22. The average molecular weight is 134 g/mol. The van der Waals surface area contributed by atoms with Crippen molar-refractivity contribution in [3.8, 4) is 0 Å². The summed E-state index contributed by atoms with van der Waals surface area (Å²) in [7, 11) is 0. The third kappa shape index (κ3) is 2.15. The molecule has 0 aliphatic heterocycles. The minimum absolute atomic E-state index is 0.516. The zero-order valence-electron chi connectivity index (χ0n) is 5.75. The van der Waals surface area contributed by atoms with Crippen LogP contribution in [0.25, 0.3) is 0 Å². The van der Waals surface area contributed by atoms with Gasteiger partial charge in [0.1, 0.15) is 0 Å². The minimum Gasteiger partial charge on any atom is -0.312 e. The number of hydrogen-bond acceptors (Lipinski definition) is 2. The smallest absolute Gasteiger partial charge is 0.0271 e. The van der Waals surface area contributed by atoms with Crippen LogP contribution in [0.15, 0.2) is 24.5 Å². The van der Waals surface area contributed by atoms with E-state index < -0.39 is 0 Å². The van der Waals surface area contributed by atoms with E-state index in [0.717, 1.165) is 6.54 Å². The van der Waals surface area contributed by atoms with Gasteiger partial charge in [0.25, 0.3) is 0 Å². The molecule has 0 fully saturated rings. The van der Waals surface area contributed by atoms with E-state index in [1.807, 2.05) is 12.1 Å². The van der Waals surface area contributed by atoms with Gasteiger partial charge in [-0.3, -0.25) is 4.98 Å². The van der Waals surface area contributed by atoms with Crippen molar-refractivity contribution in [1.82, 2.24) is 10.3 Å². The first-order valence-corrected chi connectivity index (χ1v) is 3.23. The molecule has 52 valence electrons. The van der Waals surface area contributed by atoms with Gasteiger partial charge in [0.2, 0.25) is 0 Å². The van der Waals surface area contributed by atoms with Gasteiger partial charge in [0, 0.05) is 18.9 Å². The second-order valence-corrected chi connectivity index (χ2v) is 1.99. The van der Waals surface area contributed by atoms with Crippen LogP contribution in [0.5, 0.6) is 0 Å². The Labute approximate surface area is 61.3 Å². The highest BCUT2D eigenvalue weighted by atomic mass is 14.8. The molecule has 0 aromatic carbocycles. The van der Waals surface area contributed by atoms with Crippen molar-refractivity contribution < 1.29 is 0 Å². The summed E-state index contributed by atoms with van der Waals surface area (Å²) in [6.45, 7) is 6.58. The summed E-state index contributed by atoms with van der Waals surface area (Å²) in [6.07, 6.45) is 3.54. The summed E-state index contributed by atoms with van der Waals surface area (Å²) in [5, 5.41) is 3.01. The summed E-state index contributed by atoms with van der Waals surface area (Å²) in [6, 6.07) is 3.92. The average Bonchev–Trinajstić information content (AvgIpc) is 2.03. The van der Waals surface area contributed by atoms with Crippen molar-refractivity contribution in [3.05, 3.63) is 37.0 Å². The van der Waals surface area contributed by atoms with E-state index >= 15 is 0 Å². The maximum absolute atomic E-state index is 5.25. The Hall–Kier alpha value is -0.890. The predicted molar refractivity (Wildman–Crippen MR) is 40.2 cm³/mol. The van der Waals surface area contributed by atoms with Crippen molar-refractivity contribution >= 4 is 0 Å². The molecule has 0 bridgehead atoms. The third-order valence-corrected chi connectivity index (χ3v) is 1.22. The van der Waals surface area contributed by atoms with E-state index in [4.69, 9.17) is 6.92 Å². The van der Waals surface area contributed by atoms with Crippen molar-refractivity contribution in [2.45, 2.75) is 6.54 Å². The summed E-state index contributed by atoms with van der Waals surface area (Å²) in [5.74, 6) is 0. The maximum atomic E-state index is 5.25. The fourth-order valence-corrected chi connectivity index (χ4v) is 0.717. The zero-order valence-corrected chi connectivity index (χ0v) is 5.75.